The Labute approximate surface area is 225 Å². The first-order valence-corrected chi connectivity index (χ1v) is 13.1. The number of aromatic nitrogens is 1. The molecule has 3 atom stereocenters. The van der Waals surface area contributed by atoms with Crippen molar-refractivity contribution < 1.29 is 18.7 Å². The van der Waals surface area contributed by atoms with Crippen molar-refractivity contribution in [2.45, 2.75) is 32.2 Å². The van der Waals surface area contributed by atoms with Gasteiger partial charge in [-0.05, 0) is 44.2 Å². The fourth-order valence-electron chi connectivity index (χ4n) is 4.98. The summed E-state index contributed by atoms with van der Waals surface area (Å²) in [6, 6.07) is 15.6. The molecule has 0 N–H and O–H groups in total. The van der Waals surface area contributed by atoms with E-state index in [2.05, 4.69) is 0 Å². The van der Waals surface area contributed by atoms with Crippen LogP contribution in [0.3, 0.4) is 0 Å². The molecule has 2 aromatic heterocycles. The molecule has 0 saturated carbocycles. The maximum Gasteiger partial charge on any atom is 0.271 e. The smallest absolute Gasteiger partial charge is 0.271 e. The first kappa shape index (κ1) is 24.0. The lowest BCUT2D eigenvalue weighted by Crippen LogP contribution is -2.58. The molecule has 4 aromatic rings. The molecule has 2 bridgehead atoms. The average Bonchev–Trinajstić information content (AvgIpc) is 3.42. The van der Waals surface area contributed by atoms with Crippen molar-refractivity contribution in [2.24, 2.45) is 10.9 Å². The third-order valence-corrected chi connectivity index (χ3v) is 8.34. The molecular formula is C27H20Cl2N2O5S. The molecule has 0 spiro atoms. The summed E-state index contributed by atoms with van der Waals surface area (Å²) in [6.45, 7) is 3.45. The van der Waals surface area contributed by atoms with Gasteiger partial charge in [-0.3, -0.25) is 14.2 Å². The quantitative estimate of drug-likeness (QED) is 0.355. The number of rotatable bonds is 5. The van der Waals surface area contributed by atoms with Crippen LogP contribution < -0.4 is 24.4 Å². The number of hydrogen-bond acceptors (Lipinski definition) is 7. The van der Waals surface area contributed by atoms with Gasteiger partial charge >= 0.3 is 0 Å². The summed E-state index contributed by atoms with van der Waals surface area (Å²) < 4.78 is 19.9. The van der Waals surface area contributed by atoms with E-state index in [1.165, 1.54) is 18.3 Å². The van der Waals surface area contributed by atoms with Crippen LogP contribution in [0.5, 0.6) is 11.5 Å². The third-order valence-electron chi connectivity index (χ3n) is 6.56. The second kappa shape index (κ2) is 8.90. The number of fused-ring (bicyclic) bond motifs is 6. The van der Waals surface area contributed by atoms with Gasteiger partial charge in [0.1, 0.15) is 46.4 Å². The molecule has 7 nitrogen and oxygen atoms in total. The Hall–Kier alpha value is -3.33. The number of furan rings is 1. The molecule has 0 unspecified atom stereocenters. The Morgan fingerprint density at radius 1 is 1.19 bits per heavy atom. The number of ketones is 1. The molecular weight excluding hydrogens is 535 g/mol. The van der Waals surface area contributed by atoms with Gasteiger partial charge < -0.3 is 13.9 Å². The van der Waals surface area contributed by atoms with Gasteiger partial charge in [-0.1, -0.05) is 58.8 Å². The van der Waals surface area contributed by atoms with E-state index >= 15 is 0 Å². The Bertz CT molecular complexity index is 1740. The molecule has 0 radical (unpaired) electrons. The predicted molar refractivity (Wildman–Crippen MR) is 140 cm³/mol. The number of para-hydroxylation sites is 1. The number of benzene rings is 2. The average molecular weight is 555 g/mol. The van der Waals surface area contributed by atoms with Gasteiger partial charge in [0.05, 0.1) is 15.6 Å². The highest BCUT2D eigenvalue weighted by atomic mass is 35.5. The minimum absolute atomic E-state index is 0.0875. The van der Waals surface area contributed by atoms with Gasteiger partial charge in [-0.25, -0.2) is 4.99 Å². The van der Waals surface area contributed by atoms with Crippen LogP contribution in [-0.2, 0) is 11.4 Å². The lowest BCUT2D eigenvalue weighted by atomic mass is 9.79. The number of nitrogens with zero attached hydrogens (tertiary/aromatic N) is 2. The van der Waals surface area contributed by atoms with Gasteiger partial charge in [0.2, 0.25) is 5.72 Å². The number of hydrogen-bond donors (Lipinski definition) is 0. The molecule has 2 aliphatic heterocycles. The van der Waals surface area contributed by atoms with E-state index < -0.39 is 17.7 Å². The summed E-state index contributed by atoms with van der Waals surface area (Å²) >= 11 is 13.5. The summed E-state index contributed by atoms with van der Waals surface area (Å²) in [5.41, 5.74) is -0.547. The predicted octanol–water partition coefficient (Wildman–Crippen LogP) is 4.75. The van der Waals surface area contributed by atoms with Crippen LogP contribution in [0.15, 0.2) is 68.8 Å². The Morgan fingerprint density at radius 3 is 2.81 bits per heavy atom. The van der Waals surface area contributed by atoms with Crippen molar-refractivity contribution in [1.29, 1.82) is 0 Å². The Balaban J connectivity index is 1.37. The second-order valence-corrected chi connectivity index (χ2v) is 10.8. The zero-order valence-electron chi connectivity index (χ0n) is 19.7. The second-order valence-electron chi connectivity index (χ2n) is 9.05. The highest BCUT2D eigenvalue weighted by Crippen LogP contribution is 2.47. The van der Waals surface area contributed by atoms with E-state index in [0.29, 0.717) is 42.4 Å². The number of carbonyl (C=O) groups excluding carboxylic acids is 1. The fourth-order valence-corrected chi connectivity index (χ4v) is 6.41. The maximum atomic E-state index is 13.6. The lowest BCUT2D eigenvalue weighted by Gasteiger charge is -2.45. The SMILES string of the molecule is CC(=O)[C@@H]1[C@H]2c3ccccc3O[C@@]1(C)N=c1sc(=Cc3ccc(COc4cccc(Cl)c4Cl)o3)c(=O)n12. The molecule has 0 aliphatic carbocycles. The molecule has 37 heavy (non-hydrogen) atoms. The van der Waals surface area contributed by atoms with Crippen molar-refractivity contribution in [3.8, 4) is 11.5 Å². The van der Waals surface area contributed by atoms with Crippen LogP contribution >= 0.6 is 34.5 Å². The molecule has 188 valence electrons. The zero-order valence-corrected chi connectivity index (χ0v) is 22.1. The number of halogens is 2. The van der Waals surface area contributed by atoms with E-state index in [9.17, 15) is 9.59 Å². The Morgan fingerprint density at radius 2 is 2.00 bits per heavy atom. The summed E-state index contributed by atoms with van der Waals surface area (Å²) in [4.78, 5) is 31.6. The van der Waals surface area contributed by atoms with Crippen LogP contribution in [-0.4, -0.2) is 16.1 Å². The molecule has 0 saturated heterocycles. The van der Waals surface area contributed by atoms with E-state index in [1.54, 1.807) is 47.9 Å². The summed E-state index contributed by atoms with van der Waals surface area (Å²) in [5, 5.41) is 0.732. The van der Waals surface area contributed by atoms with Gasteiger partial charge in [0.25, 0.3) is 5.56 Å². The van der Waals surface area contributed by atoms with Gasteiger partial charge in [-0.15, -0.1) is 0 Å². The summed E-state index contributed by atoms with van der Waals surface area (Å²) in [6.07, 6.45) is 1.67. The van der Waals surface area contributed by atoms with Crippen molar-refractivity contribution >= 4 is 46.4 Å². The first-order valence-electron chi connectivity index (χ1n) is 11.5. The van der Waals surface area contributed by atoms with Crippen molar-refractivity contribution in [2.75, 3.05) is 0 Å². The lowest BCUT2D eigenvalue weighted by molar-refractivity contribution is -0.132. The minimum atomic E-state index is -1.10. The molecule has 6 rings (SSSR count). The summed E-state index contributed by atoms with van der Waals surface area (Å²) in [5.74, 6) is 1.40. The Kier molecular flexibility index (Phi) is 5.78. The van der Waals surface area contributed by atoms with E-state index in [-0.39, 0.29) is 17.9 Å². The van der Waals surface area contributed by atoms with Crippen LogP contribution in [0.25, 0.3) is 6.08 Å². The zero-order chi connectivity index (χ0) is 25.9. The van der Waals surface area contributed by atoms with Crippen LogP contribution in [0.1, 0.15) is 37.0 Å². The van der Waals surface area contributed by atoms with Gasteiger partial charge in [-0.2, -0.15) is 0 Å². The van der Waals surface area contributed by atoms with Gasteiger partial charge in [0.15, 0.2) is 4.80 Å². The molecule has 2 aromatic carbocycles. The van der Waals surface area contributed by atoms with E-state index in [1.807, 2.05) is 24.3 Å². The number of thiazole rings is 1. The maximum absolute atomic E-state index is 13.6. The fraction of sp³-hybridized carbons (Fsp3) is 0.222. The number of Topliss-reactive ketones (excluding diaryl/α,β-unsaturated/α-hetero) is 1. The van der Waals surface area contributed by atoms with Crippen LogP contribution in [0.2, 0.25) is 10.0 Å². The van der Waals surface area contributed by atoms with E-state index in [4.69, 9.17) is 42.1 Å². The highest BCUT2D eigenvalue weighted by molar-refractivity contribution is 7.07. The molecule has 4 heterocycles. The standard InChI is InChI=1S/C27H20Cl2N2O5S/c1-14(32)22-24-17-6-3-4-8-19(17)36-27(22,2)30-26-31(24)25(33)21(37-26)12-15-10-11-16(35-15)13-34-20-9-5-7-18(28)23(20)29/h3-12,22,24H,13H2,1-2H3/t22-,24-,27-/m1/s1. The minimum Gasteiger partial charge on any atom is -0.484 e. The van der Waals surface area contributed by atoms with Crippen LogP contribution in [0, 0.1) is 5.92 Å². The summed E-state index contributed by atoms with van der Waals surface area (Å²) in [7, 11) is 0. The third kappa shape index (κ3) is 4.00. The largest absolute Gasteiger partial charge is 0.484 e. The molecule has 10 heteroatoms. The molecule has 0 fully saturated rings. The van der Waals surface area contributed by atoms with Crippen LogP contribution in [0.4, 0.5) is 0 Å². The van der Waals surface area contributed by atoms with Gasteiger partial charge in [0, 0.05) is 11.6 Å². The highest BCUT2D eigenvalue weighted by Gasteiger charge is 2.53. The number of carbonyl (C=O) groups is 1. The topological polar surface area (TPSA) is 83.0 Å². The molecule has 0 amide bonds. The van der Waals surface area contributed by atoms with Crippen molar-refractivity contribution in [3.63, 3.8) is 0 Å². The number of ether oxygens (including phenoxy) is 2. The monoisotopic (exact) mass is 554 g/mol. The van der Waals surface area contributed by atoms with E-state index in [0.717, 1.165) is 5.56 Å². The van der Waals surface area contributed by atoms with Crippen molar-refractivity contribution in [3.05, 3.63) is 101 Å². The normalized spacial score (nSPS) is 22.0. The molecule has 2 aliphatic rings. The first-order chi connectivity index (χ1) is 17.7. The van der Waals surface area contributed by atoms with Crippen molar-refractivity contribution in [1.82, 2.24) is 4.57 Å².